The van der Waals surface area contributed by atoms with Gasteiger partial charge in [-0.25, -0.2) is 0 Å². The van der Waals surface area contributed by atoms with Crippen LogP contribution in [0.25, 0.3) is 0 Å². The normalized spacial score (nSPS) is 23.9. The molecule has 92 valence electrons. The van der Waals surface area contributed by atoms with Gasteiger partial charge in [0.2, 0.25) is 0 Å². The second kappa shape index (κ2) is 5.32. The van der Waals surface area contributed by atoms with Crippen molar-refractivity contribution in [2.45, 2.75) is 26.3 Å². The minimum Gasteiger partial charge on any atom is -0.411 e. The number of rotatable bonds is 3. The second-order valence-corrected chi connectivity index (χ2v) is 4.81. The Morgan fingerprint density at radius 2 is 2.12 bits per heavy atom. The van der Waals surface area contributed by atoms with E-state index >= 15 is 0 Å². The molecular weight excluding hydrogens is 212 g/mol. The predicted molar refractivity (Wildman–Crippen MR) is 69.4 cm³/mol. The van der Waals surface area contributed by atoms with Crippen LogP contribution in [0.2, 0.25) is 0 Å². The van der Waals surface area contributed by atoms with E-state index < -0.39 is 0 Å². The predicted octanol–water partition coefficient (Wildman–Crippen LogP) is 2.92. The van der Waals surface area contributed by atoms with E-state index in [-0.39, 0.29) is 0 Å². The lowest BCUT2D eigenvalue weighted by Crippen LogP contribution is -2.25. The molecule has 0 spiro atoms. The Kier molecular flexibility index (Phi) is 3.79. The number of nitrogens with zero attached hydrogens (tertiary/aromatic N) is 2. The maximum Gasteiger partial charge on any atom is 0.0584 e. The van der Waals surface area contributed by atoms with Crippen LogP contribution in [0.15, 0.2) is 35.5 Å². The Balaban J connectivity index is 2.02. The average Bonchev–Trinajstić information content (AvgIpc) is 2.87. The summed E-state index contributed by atoms with van der Waals surface area (Å²) in [7, 11) is 0. The van der Waals surface area contributed by atoms with Gasteiger partial charge in [0, 0.05) is 18.5 Å². The third-order valence-electron chi connectivity index (χ3n) is 3.80. The second-order valence-electron chi connectivity index (χ2n) is 4.81. The Morgan fingerprint density at radius 3 is 2.76 bits per heavy atom. The van der Waals surface area contributed by atoms with Gasteiger partial charge < -0.3 is 5.21 Å². The van der Waals surface area contributed by atoms with Gasteiger partial charge in [0.1, 0.15) is 0 Å². The summed E-state index contributed by atoms with van der Waals surface area (Å²) in [4.78, 5) is 2.45. The van der Waals surface area contributed by atoms with Crippen LogP contribution in [0, 0.1) is 5.92 Å². The van der Waals surface area contributed by atoms with E-state index in [4.69, 9.17) is 5.21 Å². The van der Waals surface area contributed by atoms with Crippen molar-refractivity contribution >= 4 is 5.71 Å². The molecule has 3 nitrogen and oxygen atoms in total. The van der Waals surface area contributed by atoms with Crippen molar-refractivity contribution in [2.75, 3.05) is 13.1 Å². The van der Waals surface area contributed by atoms with Crippen LogP contribution < -0.4 is 0 Å². The van der Waals surface area contributed by atoms with E-state index in [0.29, 0.717) is 12.0 Å². The van der Waals surface area contributed by atoms with E-state index in [1.54, 1.807) is 0 Å². The fourth-order valence-corrected chi connectivity index (χ4v) is 2.50. The van der Waals surface area contributed by atoms with Crippen LogP contribution in [-0.4, -0.2) is 28.9 Å². The molecule has 1 aliphatic heterocycles. The molecule has 0 aliphatic carbocycles. The molecule has 1 fully saturated rings. The molecule has 2 atom stereocenters. The molecule has 1 aromatic rings. The number of hydrogen-bond donors (Lipinski definition) is 1. The minimum absolute atomic E-state index is 0.408. The summed E-state index contributed by atoms with van der Waals surface area (Å²) in [6, 6.07) is 11.0. The highest BCUT2D eigenvalue weighted by Gasteiger charge is 2.28. The lowest BCUT2D eigenvalue weighted by molar-refractivity contribution is 0.258. The molecule has 1 aromatic carbocycles. The molecular formula is C14H20N2O. The number of likely N-dealkylation sites (tertiary alicyclic amines) is 1. The van der Waals surface area contributed by atoms with Crippen LogP contribution in [0.3, 0.4) is 0 Å². The largest absolute Gasteiger partial charge is 0.411 e. The summed E-state index contributed by atoms with van der Waals surface area (Å²) in [6.07, 6.45) is 1.09. The molecule has 1 aliphatic rings. The lowest BCUT2D eigenvalue weighted by atomic mass is 10.0. The highest BCUT2D eigenvalue weighted by molar-refractivity contribution is 5.84. The Hall–Kier alpha value is -1.35. The molecule has 0 radical (unpaired) electrons. The van der Waals surface area contributed by atoms with Crippen LogP contribution in [-0.2, 0) is 0 Å². The molecule has 2 rings (SSSR count). The summed E-state index contributed by atoms with van der Waals surface area (Å²) in [5.41, 5.74) is 2.21. The molecule has 17 heavy (non-hydrogen) atoms. The van der Waals surface area contributed by atoms with Gasteiger partial charge in [-0.3, -0.25) is 4.90 Å². The molecule has 0 saturated carbocycles. The molecule has 0 aromatic heterocycles. The smallest absolute Gasteiger partial charge is 0.0584 e. The van der Waals surface area contributed by atoms with E-state index in [9.17, 15) is 0 Å². The van der Waals surface area contributed by atoms with E-state index in [1.165, 1.54) is 5.56 Å². The van der Waals surface area contributed by atoms with Crippen molar-refractivity contribution in [1.82, 2.24) is 4.90 Å². The molecule has 1 heterocycles. The summed E-state index contributed by atoms with van der Waals surface area (Å²) in [6.45, 7) is 6.21. The quantitative estimate of drug-likeness (QED) is 0.494. The van der Waals surface area contributed by atoms with Crippen LogP contribution in [0.4, 0.5) is 0 Å². The lowest BCUT2D eigenvalue weighted by Gasteiger charge is -2.24. The average molecular weight is 232 g/mol. The first-order valence-corrected chi connectivity index (χ1v) is 6.20. The SMILES string of the molecule is C/C(=N/O)[C@@H]1CCN([C@@H](C)c2ccccc2)C1. The van der Waals surface area contributed by atoms with Crippen LogP contribution >= 0.6 is 0 Å². The van der Waals surface area contributed by atoms with Gasteiger partial charge in [-0.1, -0.05) is 35.5 Å². The highest BCUT2D eigenvalue weighted by Crippen LogP contribution is 2.27. The van der Waals surface area contributed by atoms with Gasteiger partial charge >= 0.3 is 0 Å². The zero-order chi connectivity index (χ0) is 12.3. The third-order valence-corrected chi connectivity index (χ3v) is 3.80. The molecule has 0 amide bonds. The standard InChI is InChI=1S/C14H20N2O/c1-11(15-17)14-8-9-16(10-14)12(2)13-6-4-3-5-7-13/h3-7,12,14,17H,8-10H2,1-2H3/b15-11-/t12-,14+/m0/s1. The zero-order valence-electron chi connectivity index (χ0n) is 10.5. The van der Waals surface area contributed by atoms with E-state index in [2.05, 4.69) is 41.2 Å². The van der Waals surface area contributed by atoms with Gasteiger partial charge in [0.05, 0.1) is 5.71 Å². The van der Waals surface area contributed by atoms with Crippen LogP contribution in [0.1, 0.15) is 31.9 Å². The molecule has 1 N–H and O–H groups in total. The Morgan fingerprint density at radius 1 is 1.41 bits per heavy atom. The van der Waals surface area contributed by atoms with Crippen molar-refractivity contribution < 1.29 is 5.21 Å². The van der Waals surface area contributed by atoms with Gasteiger partial charge in [-0.15, -0.1) is 0 Å². The Labute approximate surface area is 103 Å². The van der Waals surface area contributed by atoms with Crippen LogP contribution in [0.5, 0.6) is 0 Å². The van der Waals surface area contributed by atoms with Gasteiger partial charge in [-0.2, -0.15) is 0 Å². The summed E-state index contributed by atoms with van der Waals surface area (Å²) >= 11 is 0. The molecule has 0 unspecified atom stereocenters. The van der Waals surface area contributed by atoms with Crippen molar-refractivity contribution in [2.24, 2.45) is 11.1 Å². The fourth-order valence-electron chi connectivity index (χ4n) is 2.50. The minimum atomic E-state index is 0.408. The topological polar surface area (TPSA) is 35.8 Å². The zero-order valence-corrected chi connectivity index (χ0v) is 10.5. The highest BCUT2D eigenvalue weighted by atomic mass is 16.4. The maximum absolute atomic E-state index is 8.81. The maximum atomic E-state index is 8.81. The summed E-state index contributed by atoms with van der Waals surface area (Å²) < 4.78 is 0. The van der Waals surface area contributed by atoms with Gasteiger partial charge in [0.15, 0.2) is 0 Å². The van der Waals surface area contributed by atoms with Crippen molar-refractivity contribution in [1.29, 1.82) is 0 Å². The first-order chi connectivity index (χ1) is 8.22. The summed E-state index contributed by atoms with van der Waals surface area (Å²) in [5, 5.41) is 12.1. The van der Waals surface area contributed by atoms with Gasteiger partial charge in [0.25, 0.3) is 0 Å². The van der Waals surface area contributed by atoms with E-state index in [0.717, 1.165) is 25.2 Å². The molecule has 1 saturated heterocycles. The monoisotopic (exact) mass is 232 g/mol. The molecule has 0 bridgehead atoms. The first-order valence-electron chi connectivity index (χ1n) is 6.20. The Bertz CT molecular complexity index is 388. The first kappa shape index (κ1) is 12.1. The molecule has 3 heteroatoms. The van der Waals surface area contributed by atoms with Gasteiger partial charge in [-0.05, 0) is 32.4 Å². The fraction of sp³-hybridized carbons (Fsp3) is 0.500. The third kappa shape index (κ3) is 2.67. The van der Waals surface area contributed by atoms with Crippen molar-refractivity contribution in [3.63, 3.8) is 0 Å². The van der Waals surface area contributed by atoms with E-state index in [1.807, 2.05) is 13.0 Å². The summed E-state index contributed by atoms with van der Waals surface area (Å²) in [5.74, 6) is 0.408. The number of oxime groups is 1. The number of hydrogen-bond acceptors (Lipinski definition) is 3. The van der Waals surface area contributed by atoms with Crippen molar-refractivity contribution in [3.05, 3.63) is 35.9 Å². The number of benzene rings is 1. The van der Waals surface area contributed by atoms with Crippen molar-refractivity contribution in [3.8, 4) is 0 Å².